The first-order valence-corrected chi connectivity index (χ1v) is 8.21. The zero-order chi connectivity index (χ0) is 20.5. The summed E-state index contributed by atoms with van der Waals surface area (Å²) in [6.07, 6.45) is -0.990. The molecular weight excluding hydrogens is 372 g/mol. The zero-order valence-corrected chi connectivity index (χ0v) is 15.3. The van der Waals surface area contributed by atoms with Crippen LogP contribution in [0.25, 0.3) is 0 Å². The molecule has 0 atom stereocenters. The lowest BCUT2D eigenvalue weighted by atomic mass is 10.2. The summed E-state index contributed by atoms with van der Waals surface area (Å²) in [6, 6.07) is 9.78. The largest absolute Gasteiger partial charge is 0.497 e. The highest BCUT2D eigenvalue weighted by atomic mass is 19.1. The number of hydrogen-bond donors (Lipinski definition) is 2. The van der Waals surface area contributed by atoms with Gasteiger partial charge in [-0.05, 0) is 36.8 Å². The Morgan fingerprint density at radius 1 is 1.11 bits per heavy atom. The number of benzene rings is 2. The normalized spacial score (nSPS) is 10.9. The van der Waals surface area contributed by atoms with Crippen LogP contribution in [-0.2, 0) is 16.1 Å². The van der Waals surface area contributed by atoms with Crippen molar-refractivity contribution in [2.24, 2.45) is 5.10 Å². The molecule has 0 aromatic heterocycles. The lowest BCUT2D eigenvalue weighted by molar-refractivity contribution is -0.115. The van der Waals surface area contributed by atoms with Crippen molar-refractivity contribution in [3.63, 3.8) is 0 Å². The standard InChI is InChI=1S/C19H19F2N3O4/c1-12(9-18(25)22-17-8-5-14(20)10-16(17)21)23-24-19(26)28-11-13-3-6-15(27-2)7-4-13/h3-8,10H,9,11H2,1-2H3,(H,22,25)(H,24,26)/b23-12-. The predicted molar refractivity (Wildman–Crippen MR) is 99.0 cm³/mol. The monoisotopic (exact) mass is 391 g/mol. The number of hydrazone groups is 1. The number of nitrogens with zero attached hydrogens (tertiary/aromatic N) is 1. The molecule has 0 radical (unpaired) electrons. The smallest absolute Gasteiger partial charge is 0.428 e. The van der Waals surface area contributed by atoms with E-state index in [0.29, 0.717) is 11.8 Å². The Bertz CT molecular complexity index is 870. The third-order valence-electron chi connectivity index (χ3n) is 3.49. The number of ether oxygens (including phenoxy) is 2. The van der Waals surface area contributed by atoms with Gasteiger partial charge >= 0.3 is 6.09 Å². The number of hydrogen-bond acceptors (Lipinski definition) is 5. The molecule has 0 spiro atoms. The molecule has 148 valence electrons. The molecule has 0 saturated heterocycles. The third-order valence-corrected chi connectivity index (χ3v) is 3.49. The fraction of sp³-hybridized carbons (Fsp3) is 0.211. The first-order valence-electron chi connectivity index (χ1n) is 8.21. The lowest BCUT2D eigenvalue weighted by Crippen LogP contribution is -2.22. The molecule has 2 aromatic carbocycles. The molecule has 0 aliphatic carbocycles. The van der Waals surface area contributed by atoms with Crippen molar-refractivity contribution in [3.05, 3.63) is 59.7 Å². The van der Waals surface area contributed by atoms with Crippen LogP contribution in [0.3, 0.4) is 0 Å². The molecule has 28 heavy (non-hydrogen) atoms. The molecule has 0 fully saturated rings. The summed E-state index contributed by atoms with van der Waals surface area (Å²) in [4.78, 5) is 23.5. The van der Waals surface area contributed by atoms with Gasteiger partial charge in [-0.3, -0.25) is 4.79 Å². The number of amides is 2. The third kappa shape index (κ3) is 6.67. The first-order chi connectivity index (χ1) is 13.4. The van der Waals surface area contributed by atoms with Crippen molar-refractivity contribution >= 4 is 23.4 Å². The summed E-state index contributed by atoms with van der Waals surface area (Å²) in [5, 5.41) is 6.04. The predicted octanol–water partition coefficient (Wildman–Crippen LogP) is 3.60. The second-order valence-electron chi connectivity index (χ2n) is 5.73. The van der Waals surface area contributed by atoms with Gasteiger partial charge in [0.25, 0.3) is 0 Å². The maximum Gasteiger partial charge on any atom is 0.428 e. The Balaban J connectivity index is 1.77. The molecule has 2 amide bonds. The van der Waals surface area contributed by atoms with Crippen molar-refractivity contribution in [1.29, 1.82) is 0 Å². The number of anilines is 1. The summed E-state index contributed by atoms with van der Waals surface area (Å²) in [5.74, 6) is -1.51. The lowest BCUT2D eigenvalue weighted by Gasteiger charge is -2.07. The molecule has 0 heterocycles. The van der Waals surface area contributed by atoms with E-state index in [1.165, 1.54) is 6.92 Å². The Kier molecular flexibility index (Phi) is 7.44. The van der Waals surface area contributed by atoms with Crippen LogP contribution in [0.5, 0.6) is 5.75 Å². The maximum atomic E-state index is 13.5. The number of nitrogens with one attached hydrogen (secondary N) is 2. The Morgan fingerprint density at radius 3 is 2.46 bits per heavy atom. The van der Waals surface area contributed by atoms with Crippen LogP contribution in [0.1, 0.15) is 18.9 Å². The Hall–Kier alpha value is -3.49. The van der Waals surface area contributed by atoms with E-state index in [2.05, 4.69) is 15.8 Å². The zero-order valence-electron chi connectivity index (χ0n) is 15.3. The van der Waals surface area contributed by atoms with Crippen LogP contribution < -0.4 is 15.5 Å². The SMILES string of the molecule is COc1ccc(COC(=O)N/N=C(/C)CC(=O)Nc2ccc(F)cc2F)cc1. The number of carbonyl (C=O) groups excluding carboxylic acids is 2. The molecule has 7 nitrogen and oxygen atoms in total. The van der Waals surface area contributed by atoms with Crippen molar-refractivity contribution in [1.82, 2.24) is 5.43 Å². The summed E-state index contributed by atoms with van der Waals surface area (Å²) in [7, 11) is 1.55. The van der Waals surface area contributed by atoms with Gasteiger partial charge in [-0.2, -0.15) is 5.10 Å². The highest BCUT2D eigenvalue weighted by molar-refractivity contribution is 6.05. The summed E-state index contributed by atoms with van der Waals surface area (Å²) < 4.78 is 36.4. The van der Waals surface area contributed by atoms with E-state index in [1.54, 1.807) is 31.4 Å². The minimum absolute atomic E-state index is 0.0364. The van der Waals surface area contributed by atoms with Crippen molar-refractivity contribution in [3.8, 4) is 5.75 Å². The van der Waals surface area contributed by atoms with Gasteiger partial charge in [-0.25, -0.2) is 19.0 Å². The Morgan fingerprint density at radius 2 is 1.82 bits per heavy atom. The molecule has 2 N–H and O–H groups in total. The van der Waals surface area contributed by atoms with Gasteiger partial charge in [0.1, 0.15) is 24.0 Å². The number of rotatable bonds is 7. The molecule has 0 unspecified atom stereocenters. The minimum Gasteiger partial charge on any atom is -0.497 e. The molecule has 9 heteroatoms. The summed E-state index contributed by atoms with van der Waals surface area (Å²) in [5.41, 5.74) is 3.04. The summed E-state index contributed by atoms with van der Waals surface area (Å²) >= 11 is 0. The number of halogens is 2. The van der Waals surface area contributed by atoms with E-state index >= 15 is 0 Å². The van der Waals surface area contributed by atoms with Crippen LogP contribution in [0.2, 0.25) is 0 Å². The van der Waals surface area contributed by atoms with Gasteiger partial charge in [0.05, 0.1) is 19.2 Å². The molecule has 2 aromatic rings. The molecule has 0 aliphatic rings. The van der Waals surface area contributed by atoms with Crippen molar-refractivity contribution in [2.45, 2.75) is 20.0 Å². The Labute approximate surface area is 160 Å². The fourth-order valence-corrected chi connectivity index (χ4v) is 2.10. The topological polar surface area (TPSA) is 89.0 Å². The van der Waals surface area contributed by atoms with Crippen LogP contribution in [0.15, 0.2) is 47.6 Å². The second kappa shape index (κ2) is 10.0. The minimum atomic E-state index is -0.886. The van der Waals surface area contributed by atoms with E-state index in [4.69, 9.17) is 9.47 Å². The van der Waals surface area contributed by atoms with Crippen molar-refractivity contribution in [2.75, 3.05) is 12.4 Å². The van der Waals surface area contributed by atoms with Gasteiger partial charge < -0.3 is 14.8 Å². The highest BCUT2D eigenvalue weighted by Gasteiger charge is 2.10. The number of carbonyl (C=O) groups is 2. The van der Waals surface area contributed by atoms with Gasteiger partial charge in [0, 0.05) is 11.8 Å². The second-order valence-corrected chi connectivity index (χ2v) is 5.73. The first kappa shape index (κ1) is 20.8. The fourth-order valence-electron chi connectivity index (χ4n) is 2.10. The van der Waals surface area contributed by atoms with Gasteiger partial charge in [-0.15, -0.1) is 0 Å². The van der Waals surface area contributed by atoms with Crippen LogP contribution >= 0.6 is 0 Å². The average Bonchev–Trinajstić information content (AvgIpc) is 2.67. The van der Waals surface area contributed by atoms with Crippen LogP contribution in [0.4, 0.5) is 19.3 Å². The summed E-state index contributed by atoms with van der Waals surface area (Å²) in [6.45, 7) is 1.54. The molecular formula is C19H19F2N3O4. The number of methoxy groups -OCH3 is 1. The van der Waals surface area contributed by atoms with E-state index in [9.17, 15) is 18.4 Å². The maximum absolute atomic E-state index is 13.5. The average molecular weight is 391 g/mol. The van der Waals surface area contributed by atoms with Gasteiger partial charge in [0.15, 0.2) is 0 Å². The molecule has 0 aliphatic heterocycles. The van der Waals surface area contributed by atoms with Crippen LogP contribution in [-0.4, -0.2) is 24.8 Å². The van der Waals surface area contributed by atoms with Gasteiger partial charge in [0.2, 0.25) is 5.91 Å². The highest BCUT2D eigenvalue weighted by Crippen LogP contribution is 2.15. The van der Waals surface area contributed by atoms with E-state index in [0.717, 1.165) is 17.7 Å². The van der Waals surface area contributed by atoms with Gasteiger partial charge in [-0.1, -0.05) is 12.1 Å². The van der Waals surface area contributed by atoms with E-state index in [1.807, 2.05) is 0 Å². The molecule has 2 rings (SSSR count). The van der Waals surface area contributed by atoms with Crippen molar-refractivity contribution < 1.29 is 27.8 Å². The van der Waals surface area contributed by atoms with E-state index < -0.39 is 23.6 Å². The molecule has 0 bridgehead atoms. The van der Waals surface area contributed by atoms with Crippen LogP contribution in [0, 0.1) is 11.6 Å². The molecule has 0 saturated carbocycles. The quantitative estimate of drug-likeness (QED) is 0.558. The van der Waals surface area contributed by atoms with E-state index in [-0.39, 0.29) is 24.4 Å².